The van der Waals surface area contributed by atoms with Gasteiger partial charge >= 0.3 is 0 Å². The van der Waals surface area contributed by atoms with Crippen molar-refractivity contribution < 1.29 is 23.9 Å². The van der Waals surface area contributed by atoms with Crippen molar-refractivity contribution in [3.63, 3.8) is 0 Å². The fraction of sp³-hybridized carbons (Fsp3) is 0.207. The van der Waals surface area contributed by atoms with E-state index in [1.54, 1.807) is 24.3 Å². The van der Waals surface area contributed by atoms with Crippen molar-refractivity contribution in [1.29, 1.82) is 0 Å². The van der Waals surface area contributed by atoms with E-state index in [0.717, 1.165) is 32.9 Å². The summed E-state index contributed by atoms with van der Waals surface area (Å²) in [5.41, 5.74) is 4.46. The first-order valence-corrected chi connectivity index (χ1v) is 13.6. The van der Waals surface area contributed by atoms with E-state index < -0.39 is 0 Å². The molecule has 3 aromatic carbocycles. The van der Waals surface area contributed by atoms with Gasteiger partial charge in [-0.3, -0.25) is 19.3 Å². The number of carbonyl (C=O) groups is 3. The summed E-state index contributed by atoms with van der Waals surface area (Å²) in [7, 11) is 0. The normalized spacial score (nSPS) is 14.2. The Morgan fingerprint density at radius 1 is 1.00 bits per heavy atom. The van der Waals surface area contributed by atoms with Crippen LogP contribution in [0.3, 0.4) is 0 Å². The molecule has 7 nitrogen and oxygen atoms in total. The summed E-state index contributed by atoms with van der Waals surface area (Å²) in [5.74, 6) is 0.199. The van der Waals surface area contributed by atoms with Crippen LogP contribution in [0.5, 0.6) is 11.5 Å². The van der Waals surface area contributed by atoms with Crippen LogP contribution in [0, 0.1) is 13.8 Å². The zero-order valence-corrected chi connectivity index (χ0v) is 23.6. The number of ether oxygens (including phenoxy) is 2. The minimum atomic E-state index is -0.350. The van der Waals surface area contributed by atoms with Crippen LogP contribution in [-0.4, -0.2) is 35.2 Å². The topological polar surface area (TPSA) is 84.9 Å². The zero-order valence-electron chi connectivity index (χ0n) is 21.2. The Labute approximate surface area is 234 Å². The van der Waals surface area contributed by atoms with Crippen LogP contribution in [0.25, 0.3) is 6.08 Å². The van der Waals surface area contributed by atoms with Crippen molar-refractivity contribution in [2.45, 2.75) is 27.3 Å². The van der Waals surface area contributed by atoms with E-state index >= 15 is 0 Å². The molecular weight excluding hydrogens is 568 g/mol. The van der Waals surface area contributed by atoms with E-state index in [4.69, 9.17) is 9.47 Å². The molecule has 3 aromatic rings. The first-order valence-electron chi connectivity index (χ1n) is 12.0. The average molecular weight is 596 g/mol. The number of hydrogen-bond acceptors (Lipinski definition) is 6. The van der Waals surface area contributed by atoms with Crippen LogP contribution in [0.4, 0.5) is 10.5 Å². The van der Waals surface area contributed by atoms with Crippen molar-refractivity contribution in [3.05, 3.63) is 92.3 Å². The molecule has 1 aliphatic heterocycles. The van der Waals surface area contributed by atoms with E-state index in [2.05, 4.69) is 21.2 Å². The molecule has 0 spiro atoms. The van der Waals surface area contributed by atoms with E-state index in [0.29, 0.717) is 34.3 Å². The fourth-order valence-corrected chi connectivity index (χ4v) is 4.99. The summed E-state index contributed by atoms with van der Waals surface area (Å²) >= 11 is 4.36. The number of nitrogens with zero attached hydrogens (tertiary/aromatic N) is 1. The van der Waals surface area contributed by atoms with Gasteiger partial charge in [0.2, 0.25) is 0 Å². The lowest BCUT2D eigenvalue weighted by Gasteiger charge is -2.14. The number of halogens is 1. The van der Waals surface area contributed by atoms with Crippen molar-refractivity contribution in [3.8, 4) is 11.5 Å². The molecule has 0 bridgehead atoms. The van der Waals surface area contributed by atoms with Gasteiger partial charge in [0.15, 0.2) is 18.1 Å². The Kier molecular flexibility index (Phi) is 8.91. The summed E-state index contributed by atoms with van der Waals surface area (Å²) in [6.45, 7) is 6.22. The van der Waals surface area contributed by atoms with Gasteiger partial charge in [-0.25, -0.2) is 0 Å². The van der Waals surface area contributed by atoms with Crippen molar-refractivity contribution in [2.24, 2.45) is 0 Å². The second-order valence-electron chi connectivity index (χ2n) is 8.63. The molecule has 1 saturated heterocycles. The minimum Gasteiger partial charge on any atom is -0.490 e. The van der Waals surface area contributed by atoms with Crippen molar-refractivity contribution in [1.82, 2.24) is 4.90 Å². The van der Waals surface area contributed by atoms with Gasteiger partial charge in [0, 0.05) is 10.2 Å². The summed E-state index contributed by atoms with van der Waals surface area (Å²) in [6, 6.07) is 18.3. The predicted molar refractivity (Wildman–Crippen MR) is 153 cm³/mol. The number of rotatable bonds is 9. The molecule has 4 rings (SSSR count). The second kappa shape index (κ2) is 12.3. The molecule has 38 heavy (non-hydrogen) atoms. The molecule has 1 heterocycles. The standard InChI is InChI=1S/C29H27BrN2O5S/c1-4-36-25-14-20(10-12-24(25)37-17-27(33)31-22-11-9-18(2)19(3)13-22)15-26-28(34)32(29(35)38-26)16-21-7-5-6-8-23(21)30/h5-15H,4,16-17H2,1-3H3,(H,31,33)/b26-15-. The molecule has 0 saturated carbocycles. The SMILES string of the molecule is CCOc1cc(/C=C2\SC(=O)N(Cc3ccccc3Br)C2=O)ccc1OCC(=O)Nc1ccc(C)c(C)c1. The number of imide groups is 1. The van der Waals surface area contributed by atoms with E-state index in [1.807, 2.05) is 63.2 Å². The van der Waals surface area contributed by atoms with Gasteiger partial charge in [-0.2, -0.15) is 0 Å². The van der Waals surface area contributed by atoms with Crippen LogP contribution < -0.4 is 14.8 Å². The number of amides is 3. The third kappa shape index (κ3) is 6.65. The summed E-state index contributed by atoms with van der Waals surface area (Å²) in [4.78, 5) is 39.5. The maximum atomic E-state index is 13.0. The van der Waals surface area contributed by atoms with Gasteiger partial charge in [0.1, 0.15) is 0 Å². The number of benzene rings is 3. The first kappa shape index (κ1) is 27.5. The molecule has 0 aliphatic carbocycles. The number of thioether (sulfide) groups is 1. The lowest BCUT2D eigenvalue weighted by molar-refractivity contribution is -0.123. The molecule has 0 atom stereocenters. The van der Waals surface area contributed by atoms with Crippen LogP contribution in [0.15, 0.2) is 70.0 Å². The highest BCUT2D eigenvalue weighted by atomic mass is 79.9. The third-order valence-corrected chi connectivity index (χ3v) is 7.56. The highest BCUT2D eigenvalue weighted by molar-refractivity contribution is 9.10. The van der Waals surface area contributed by atoms with Gasteiger partial charge < -0.3 is 14.8 Å². The number of carbonyl (C=O) groups excluding carboxylic acids is 3. The third-order valence-electron chi connectivity index (χ3n) is 5.87. The van der Waals surface area contributed by atoms with Crippen LogP contribution >= 0.6 is 27.7 Å². The Balaban J connectivity index is 1.44. The largest absolute Gasteiger partial charge is 0.490 e. The Morgan fingerprint density at radius 3 is 2.53 bits per heavy atom. The molecule has 1 fully saturated rings. The molecule has 9 heteroatoms. The highest BCUT2D eigenvalue weighted by Gasteiger charge is 2.35. The van der Waals surface area contributed by atoms with Gasteiger partial charge in [-0.05, 0) is 91.2 Å². The summed E-state index contributed by atoms with van der Waals surface area (Å²) in [5, 5.41) is 2.51. The second-order valence-corrected chi connectivity index (χ2v) is 10.5. The predicted octanol–water partition coefficient (Wildman–Crippen LogP) is 6.72. The molecule has 1 aliphatic rings. The molecule has 1 N–H and O–H groups in total. The number of nitrogens with one attached hydrogen (secondary N) is 1. The fourth-order valence-electron chi connectivity index (χ4n) is 3.75. The summed E-state index contributed by atoms with van der Waals surface area (Å²) in [6.07, 6.45) is 1.66. The molecule has 0 unspecified atom stereocenters. The van der Waals surface area contributed by atoms with Crippen LogP contribution in [-0.2, 0) is 16.1 Å². The van der Waals surface area contributed by atoms with Crippen LogP contribution in [0.1, 0.15) is 29.2 Å². The number of anilines is 1. The molecule has 196 valence electrons. The van der Waals surface area contributed by atoms with E-state index in [1.165, 1.54) is 4.90 Å². The van der Waals surface area contributed by atoms with E-state index in [9.17, 15) is 14.4 Å². The smallest absolute Gasteiger partial charge is 0.293 e. The van der Waals surface area contributed by atoms with Gasteiger partial charge in [-0.1, -0.05) is 46.3 Å². The van der Waals surface area contributed by atoms with Gasteiger partial charge in [0.05, 0.1) is 18.1 Å². The van der Waals surface area contributed by atoms with Crippen molar-refractivity contribution >= 4 is 56.5 Å². The molecule has 0 radical (unpaired) electrons. The highest BCUT2D eigenvalue weighted by Crippen LogP contribution is 2.36. The summed E-state index contributed by atoms with van der Waals surface area (Å²) < 4.78 is 12.3. The average Bonchev–Trinajstić information content (AvgIpc) is 3.14. The number of aryl methyl sites for hydroxylation is 2. The Morgan fingerprint density at radius 2 is 1.79 bits per heavy atom. The zero-order chi connectivity index (χ0) is 27.2. The first-order chi connectivity index (χ1) is 18.2. The molecular formula is C29H27BrN2O5S. The lowest BCUT2D eigenvalue weighted by Crippen LogP contribution is -2.27. The number of hydrogen-bond donors (Lipinski definition) is 1. The maximum Gasteiger partial charge on any atom is 0.293 e. The quantitative estimate of drug-likeness (QED) is 0.277. The molecule has 3 amide bonds. The van der Waals surface area contributed by atoms with Gasteiger partial charge in [0.25, 0.3) is 17.1 Å². The van der Waals surface area contributed by atoms with E-state index in [-0.39, 0.29) is 30.2 Å². The Bertz CT molecular complexity index is 1420. The molecule has 0 aromatic heterocycles. The van der Waals surface area contributed by atoms with Gasteiger partial charge in [-0.15, -0.1) is 0 Å². The van der Waals surface area contributed by atoms with Crippen LogP contribution in [0.2, 0.25) is 0 Å². The lowest BCUT2D eigenvalue weighted by atomic mass is 10.1. The maximum absolute atomic E-state index is 13.0. The van der Waals surface area contributed by atoms with Crippen molar-refractivity contribution in [2.75, 3.05) is 18.5 Å². The Hall–Kier alpha value is -3.56. The minimum absolute atomic E-state index is 0.185. The monoisotopic (exact) mass is 594 g/mol.